The van der Waals surface area contributed by atoms with Crippen molar-refractivity contribution in [3.63, 3.8) is 0 Å². The van der Waals surface area contributed by atoms with Gasteiger partial charge in [0.2, 0.25) is 5.95 Å². The van der Waals surface area contributed by atoms with Crippen molar-refractivity contribution in [3.05, 3.63) is 6.20 Å². The predicted octanol–water partition coefficient (Wildman–Crippen LogP) is 0.462. The van der Waals surface area contributed by atoms with Crippen molar-refractivity contribution in [2.45, 2.75) is 13.3 Å². The molecule has 1 fully saturated rings. The van der Waals surface area contributed by atoms with E-state index < -0.39 is 0 Å². The molecule has 0 unspecified atom stereocenters. The molecule has 7 heteroatoms. The molecule has 2 heterocycles. The van der Waals surface area contributed by atoms with E-state index >= 15 is 0 Å². The Labute approximate surface area is 120 Å². The third-order valence-corrected chi connectivity index (χ3v) is 3.50. The molecule has 0 radical (unpaired) electrons. The lowest BCUT2D eigenvalue weighted by atomic mass is 10.3. The first kappa shape index (κ1) is 14.9. The molecule has 0 aliphatic carbocycles. The van der Waals surface area contributed by atoms with Gasteiger partial charge in [0, 0.05) is 46.4 Å². The number of hydrogen-bond donors (Lipinski definition) is 1. The second-order valence-electron chi connectivity index (χ2n) is 4.83. The Morgan fingerprint density at radius 1 is 1.30 bits per heavy atom. The summed E-state index contributed by atoms with van der Waals surface area (Å²) >= 11 is 0. The number of likely N-dealkylation sites (N-methyl/N-ethyl adjacent to an activating group) is 1. The Morgan fingerprint density at radius 3 is 2.80 bits per heavy atom. The van der Waals surface area contributed by atoms with Crippen LogP contribution in [0.5, 0.6) is 0 Å². The number of methoxy groups -OCH3 is 1. The van der Waals surface area contributed by atoms with Gasteiger partial charge in [0.15, 0.2) is 5.82 Å². The summed E-state index contributed by atoms with van der Waals surface area (Å²) < 4.78 is 5.01. The first-order valence-corrected chi connectivity index (χ1v) is 7.23. The van der Waals surface area contributed by atoms with E-state index in [0.29, 0.717) is 5.95 Å². The van der Waals surface area contributed by atoms with Crippen LogP contribution in [0.25, 0.3) is 0 Å². The highest BCUT2D eigenvalue weighted by Gasteiger charge is 2.17. The summed E-state index contributed by atoms with van der Waals surface area (Å²) in [5, 5.41) is 11.2. The van der Waals surface area contributed by atoms with E-state index in [4.69, 9.17) is 4.74 Å². The molecule has 0 bridgehead atoms. The highest BCUT2D eigenvalue weighted by Crippen LogP contribution is 2.13. The van der Waals surface area contributed by atoms with Crippen LogP contribution in [0.4, 0.5) is 11.8 Å². The SMILES string of the molecule is CCN1CCN(c2cnnc(NCCCOC)n2)CC1. The molecule has 0 aromatic carbocycles. The fraction of sp³-hybridized carbons (Fsp3) is 0.769. The molecular formula is C13H24N6O. The van der Waals surface area contributed by atoms with E-state index in [1.165, 1.54) is 0 Å². The maximum atomic E-state index is 5.01. The number of nitrogens with zero attached hydrogens (tertiary/aromatic N) is 5. The third-order valence-electron chi connectivity index (χ3n) is 3.50. The quantitative estimate of drug-likeness (QED) is 0.728. The Hall–Kier alpha value is -1.47. The van der Waals surface area contributed by atoms with Gasteiger partial charge in [-0.05, 0) is 13.0 Å². The molecule has 0 spiro atoms. The van der Waals surface area contributed by atoms with Crippen LogP contribution in [0.2, 0.25) is 0 Å². The zero-order valence-electron chi connectivity index (χ0n) is 12.4. The highest BCUT2D eigenvalue weighted by molar-refractivity contribution is 5.40. The summed E-state index contributed by atoms with van der Waals surface area (Å²) in [6.07, 6.45) is 2.67. The van der Waals surface area contributed by atoms with E-state index in [1.54, 1.807) is 13.3 Å². The normalized spacial score (nSPS) is 16.4. The first-order valence-electron chi connectivity index (χ1n) is 7.23. The van der Waals surface area contributed by atoms with E-state index in [9.17, 15) is 0 Å². The minimum atomic E-state index is 0.594. The van der Waals surface area contributed by atoms with Gasteiger partial charge in [0.25, 0.3) is 0 Å². The number of rotatable bonds is 7. The number of anilines is 2. The predicted molar refractivity (Wildman–Crippen MR) is 79.1 cm³/mol. The van der Waals surface area contributed by atoms with Crippen molar-refractivity contribution in [2.24, 2.45) is 0 Å². The molecule has 112 valence electrons. The van der Waals surface area contributed by atoms with Crippen molar-refractivity contribution in [2.75, 3.05) is 63.2 Å². The van der Waals surface area contributed by atoms with Gasteiger partial charge in [-0.15, -0.1) is 5.10 Å². The zero-order chi connectivity index (χ0) is 14.2. The number of hydrogen-bond acceptors (Lipinski definition) is 7. The van der Waals surface area contributed by atoms with Gasteiger partial charge in [0.05, 0.1) is 6.20 Å². The van der Waals surface area contributed by atoms with Crippen molar-refractivity contribution in [3.8, 4) is 0 Å². The fourth-order valence-corrected chi connectivity index (χ4v) is 2.23. The maximum absolute atomic E-state index is 5.01. The van der Waals surface area contributed by atoms with Gasteiger partial charge in [-0.3, -0.25) is 0 Å². The van der Waals surface area contributed by atoms with Crippen LogP contribution in [0.15, 0.2) is 6.20 Å². The van der Waals surface area contributed by atoms with Gasteiger partial charge in [0.1, 0.15) is 0 Å². The summed E-state index contributed by atoms with van der Waals surface area (Å²) in [5.41, 5.74) is 0. The topological polar surface area (TPSA) is 66.4 Å². The molecule has 1 aliphatic heterocycles. The van der Waals surface area contributed by atoms with E-state index in [0.717, 1.165) is 58.1 Å². The largest absolute Gasteiger partial charge is 0.385 e. The fourth-order valence-electron chi connectivity index (χ4n) is 2.23. The summed E-state index contributed by atoms with van der Waals surface area (Å²) in [5.74, 6) is 1.50. The van der Waals surface area contributed by atoms with E-state index in [2.05, 4.69) is 37.2 Å². The van der Waals surface area contributed by atoms with Crippen LogP contribution < -0.4 is 10.2 Å². The minimum Gasteiger partial charge on any atom is -0.385 e. The molecule has 7 nitrogen and oxygen atoms in total. The minimum absolute atomic E-state index is 0.594. The number of aromatic nitrogens is 3. The van der Waals surface area contributed by atoms with Crippen molar-refractivity contribution in [1.82, 2.24) is 20.1 Å². The number of nitrogens with one attached hydrogen (secondary N) is 1. The number of piperazine rings is 1. The van der Waals surface area contributed by atoms with Gasteiger partial charge in [-0.1, -0.05) is 6.92 Å². The Morgan fingerprint density at radius 2 is 2.10 bits per heavy atom. The van der Waals surface area contributed by atoms with E-state index in [1.807, 2.05) is 0 Å². The average molecular weight is 280 g/mol. The Bertz CT molecular complexity index is 394. The second kappa shape index (κ2) is 7.96. The lowest BCUT2D eigenvalue weighted by Gasteiger charge is -2.34. The average Bonchev–Trinajstić information content (AvgIpc) is 2.52. The smallest absolute Gasteiger partial charge is 0.244 e. The third kappa shape index (κ3) is 4.28. The van der Waals surface area contributed by atoms with Gasteiger partial charge in [-0.25, -0.2) is 0 Å². The van der Waals surface area contributed by atoms with Gasteiger partial charge >= 0.3 is 0 Å². The molecule has 1 saturated heterocycles. The molecule has 1 aliphatic rings. The van der Waals surface area contributed by atoms with Crippen LogP contribution in [0.3, 0.4) is 0 Å². The first-order chi connectivity index (χ1) is 9.83. The molecule has 0 saturated carbocycles. The van der Waals surface area contributed by atoms with Gasteiger partial charge in [-0.2, -0.15) is 10.1 Å². The maximum Gasteiger partial charge on any atom is 0.244 e. The molecule has 0 atom stereocenters. The summed E-state index contributed by atoms with van der Waals surface area (Å²) in [6.45, 7) is 8.99. The second-order valence-corrected chi connectivity index (χ2v) is 4.83. The summed E-state index contributed by atoms with van der Waals surface area (Å²) in [4.78, 5) is 9.23. The monoisotopic (exact) mass is 280 g/mol. The molecule has 20 heavy (non-hydrogen) atoms. The lowest BCUT2D eigenvalue weighted by Crippen LogP contribution is -2.46. The van der Waals surface area contributed by atoms with Crippen LogP contribution >= 0.6 is 0 Å². The van der Waals surface area contributed by atoms with Crippen LogP contribution in [-0.4, -0.2) is 73.1 Å². The van der Waals surface area contributed by atoms with E-state index in [-0.39, 0.29) is 0 Å². The number of ether oxygens (including phenoxy) is 1. The molecular weight excluding hydrogens is 256 g/mol. The Balaban J connectivity index is 1.86. The van der Waals surface area contributed by atoms with Crippen molar-refractivity contribution >= 4 is 11.8 Å². The van der Waals surface area contributed by atoms with Crippen molar-refractivity contribution < 1.29 is 4.74 Å². The summed E-state index contributed by atoms with van der Waals surface area (Å²) in [7, 11) is 1.70. The Kier molecular flexibility index (Phi) is 5.94. The van der Waals surface area contributed by atoms with Crippen LogP contribution in [0.1, 0.15) is 13.3 Å². The van der Waals surface area contributed by atoms with Crippen LogP contribution in [-0.2, 0) is 4.74 Å². The van der Waals surface area contributed by atoms with Crippen molar-refractivity contribution in [1.29, 1.82) is 0 Å². The molecule has 2 rings (SSSR count). The lowest BCUT2D eigenvalue weighted by molar-refractivity contribution is 0.197. The van der Waals surface area contributed by atoms with Gasteiger partial charge < -0.3 is 19.9 Å². The highest BCUT2D eigenvalue weighted by atomic mass is 16.5. The molecule has 1 N–H and O–H groups in total. The molecule has 1 aromatic rings. The molecule has 1 aromatic heterocycles. The zero-order valence-corrected chi connectivity index (χ0v) is 12.4. The standard InChI is InChI=1S/C13H24N6O/c1-3-18-6-8-19(9-7-18)12-11-15-17-13(16-12)14-5-4-10-20-2/h11H,3-10H2,1-2H3,(H,14,16,17). The van der Waals surface area contributed by atoms with Crippen LogP contribution in [0, 0.1) is 0 Å². The summed E-state index contributed by atoms with van der Waals surface area (Å²) in [6, 6.07) is 0. The molecule has 0 amide bonds.